The van der Waals surface area contributed by atoms with E-state index in [0.29, 0.717) is 16.4 Å². The van der Waals surface area contributed by atoms with E-state index >= 15 is 0 Å². The van der Waals surface area contributed by atoms with Crippen LogP contribution in [0.3, 0.4) is 0 Å². The molecule has 9 heteroatoms. The lowest BCUT2D eigenvalue weighted by molar-refractivity contribution is 0.102. The second-order valence-electron chi connectivity index (χ2n) is 7.53. The van der Waals surface area contributed by atoms with Gasteiger partial charge in [-0.1, -0.05) is 23.5 Å². The summed E-state index contributed by atoms with van der Waals surface area (Å²) in [6, 6.07) is 16.7. The Hall–Kier alpha value is -3.56. The van der Waals surface area contributed by atoms with Gasteiger partial charge in [-0.25, -0.2) is 13.4 Å². The quantitative estimate of drug-likeness (QED) is 0.397. The van der Waals surface area contributed by atoms with E-state index in [1.807, 2.05) is 45.0 Å². The molecule has 7 nitrogen and oxygen atoms in total. The third-order valence-corrected chi connectivity index (χ3v) is 7.59. The van der Waals surface area contributed by atoms with Crippen LogP contribution in [0.15, 0.2) is 71.8 Å². The third-order valence-electron chi connectivity index (χ3n) is 5.10. The maximum absolute atomic E-state index is 12.7. The van der Waals surface area contributed by atoms with Crippen molar-refractivity contribution in [3.05, 3.63) is 89.2 Å². The van der Waals surface area contributed by atoms with Crippen molar-refractivity contribution in [2.75, 3.05) is 10.0 Å². The van der Waals surface area contributed by atoms with Crippen molar-refractivity contribution in [2.24, 2.45) is 0 Å². The minimum absolute atomic E-state index is 0.0693. The predicted molar refractivity (Wildman–Crippen MR) is 131 cm³/mol. The molecule has 0 unspecified atom stereocenters. The molecule has 33 heavy (non-hydrogen) atoms. The highest BCUT2D eigenvalue weighted by Crippen LogP contribution is 2.31. The molecule has 0 bridgehead atoms. The van der Waals surface area contributed by atoms with Crippen molar-refractivity contribution in [1.29, 1.82) is 0 Å². The maximum atomic E-state index is 12.7. The summed E-state index contributed by atoms with van der Waals surface area (Å²) in [6.45, 7) is 5.74. The lowest BCUT2D eigenvalue weighted by atomic mass is 10.1. The molecule has 0 spiro atoms. The minimum Gasteiger partial charge on any atom is -0.298 e. The van der Waals surface area contributed by atoms with E-state index in [2.05, 4.69) is 20.0 Å². The topological polar surface area (TPSA) is 101 Å². The summed E-state index contributed by atoms with van der Waals surface area (Å²) in [6.07, 6.45) is 1.71. The van der Waals surface area contributed by atoms with Crippen LogP contribution in [0, 0.1) is 20.8 Å². The Balaban J connectivity index is 1.48. The molecule has 4 rings (SSSR count). The zero-order chi connectivity index (χ0) is 23.6. The average molecular weight is 479 g/mol. The Bertz CT molecular complexity index is 1410. The molecule has 2 heterocycles. The molecule has 0 saturated carbocycles. The summed E-state index contributed by atoms with van der Waals surface area (Å²) in [7, 11) is -3.78. The number of pyridine rings is 1. The van der Waals surface area contributed by atoms with E-state index in [1.54, 1.807) is 18.3 Å². The van der Waals surface area contributed by atoms with Gasteiger partial charge in [-0.2, -0.15) is 0 Å². The van der Waals surface area contributed by atoms with Crippen molar-refractivity contribution in [3.8, 4) is 10.6 Å². The number of carbonyl (C=O) groups excluding carboxylic acids is 1. The molecule has 0 atom stereocenters. The van der Waals surface area contributed by atoms with Gasteiger partial charge in [0, 0.05) is 17.4 Å². The fourth-order valence-corrected chi connectivity index (χ4v) is 5.15. The number of nitrogens with zero attached hydrogens (tertiary/aromatic N) is 2. The number of aromatic nitrogens is 2. The van der Waals surface area contributed by atoms with Crippen LogP contribution < -0.4 is 10.0 Å². The number of anilines is 2. The maximum Gasteiger partial charge on any atom is 0.261 e. The van der Waals surface area contributed by atoms with E-state index in [9.17, 15) is 13.2 Å². The van der Waals surface area contributed by atoms with Crippen molar-refractivity contribution in [2.45, 2.75) is 25.7 Å². The number of sulfonamides is 1. The monoisotopic (exact) mass is 478 g/mol. The van der Waals surface area contributed by atoms with Gasteiger partial charge in [0.25, 0.3) is 15.9 Å². The molecule has 4 aromatic rings. The molecule has 0 fully saturated rings. The molecule has 2 aromatic heterocycles. The van der Waals surface area contributed by atoms with Crippen molar-refractivity contribution >= 4 is 38.1 Å². The Morgan fingerprint density at radius 3 is 2.36 bits per heavy atom. The van der Waals surface area contributed by atoms with Crippen LogP contribution in [0.5, 0.6) is 0 Å². The molecule has 0 saturated heterocycles. The first kappa shape index (κ1) is 22.6. The average Bonchev–Trinajstić information content (AvgIpc) is 3.16. The van der Waals surface area contributed by atoms with E-state index in [4.69, 9.17) is 0 Å². The van der Waals surface area contributed by atoms with Crippen molar-refractivity contribution in [1.82, 2.24) is 9.97 Å². The van der Waals surface area contributed by atoms with Crippen LogP contribution >= 0.6 is 11.3 Å². The number of amides is 1. The summed E-state index contributed by atoms with van der Waals surface area (Å²) in [5, 5.41) is 3.22. The zero-order valence-corrected chi connectivity index (χ0v) is 19.9. The predicted octanol–water partition coefficient (Wildman–Crippen LogP) is 5.18. The van der Waals surface area contributed by atoms with Crippen LogP contribution in [0.1, 0.15) is 27.2 Å². The van der Waals surface area contributed by atoms with E-state index < -0.39 is 10.0 Å². The largest absolute Gasteiger partial charge is 0.298 e. The molecular weight excluding hydrogens is 456 g/mol. The van der Waals surface area contributed by atoms with Crippen LogP contribution in [0.25, 0.3) is 10.6 Å². The molecular formula is C24H22N4O3S2. The van der Waals surface area contributed by atoms with Gasteiger partial charge < -0.3 is 0 Å². The van der Waals surface area contributed by atoms with Gasteiger partial charge >= 0.3 is 0 Å². The van der Waals surface area contributed by atoms with Gasteiger partial charge in [-0.05, 0) is 80.4 Å². The summed E-state index contributed by atoms with van der Waals surface area (Å²) >= 11 is 1.33. The summed E-state index contributed by atoms with van der Waals surface area (Å²) in [5.41, 5.74) is 4.45. The van der Waals surface area contributed by atoms with Crippen LogP contribution in [0.2, 0.25) is 0 Å². The van der Waals surface area contributed by atoms with Crippen molar-refractivity contribution < 1.29 is 13.2 Å². The highest BCUT2D eigenvalue weighted by molar-refractivity contribution is 7.92. The van der Waals surface area contributed by atoms with E-state index in [0.717, 1.165) is 27.4 Å². The van der Waals surface area contributed by atoms with Gasteiger partial charge in [-0.3, -0.25) is 19.8 Å². The van der Waals surface area contributed by atoms with Crippen molar-refractivity contribution in [3.63, 3.8) is 0 Å². The first-order valence-corrected chi connectivity index (χ1v) is 12.4. The number of benzene rings is 2. The molecule has 0 radical (unpaired) electrons. The van der Waals surface area contributed by atoms with Gasteiger partial charge in [-0.15, -0.1) is 0 Å². The van der Waals surface area contributed by atoms with Gasteiger partial charge in [0.15, 0.2) is 5.13 Å². The van der Waals surface area contributed by atoms with Gasteiger partial charge in [0.2, 0.25) is 0 Å². The first-order chi connectivity index (χ1) is 15.7. The lowest BCUT2D eigenvalue weighted by Crippen LogP contribution is -2.15. The SMILES string of the molecule is Cc1ccc(NS(=O)(=O)c2ccc(C(=O)Nc3nc(C)c(-c4ccccn4)s3)cc2)cc1C. The van der Waals surface area contributed by atoms with Crippen LogP contribution in [-0.4, -0.2) is 24.3 Å². The molecule has 0 aliphatic rings. The van der Waals surface area contributed by atoms with Gasteiger partial charge in [0.05, 0.1) is 21.2 Å². The minimum atomic E-state index is -3.78. The van der Waals surface area contributed by atoms with Gasteiger partial charge in [0.1, 0.15) is 0 Å². The summed E-state index contributed by atoms with van der Waals surface area (Å²) < 4.78 is 28.0. The number of nitrogens with one attached hydrogen (secondary N) is 2. The number of aryl methyl sites for hydroxylation is 3. The van der Waals surface area contributed by atoms with E-state index in [-0.39, 0.29) is 10.8 Å². The van der Waals surface area contributed by atoms with Crippen LogP contribution in [-0.2, 0) is 10.0 Å². The molecule has 2 N–H and O–H groups in total. The molecule has 0 aliphatic carbocycles. The first-order valence-electron chi connectivity index (χ1n) is 10.1. The summed E-state index contributed by atoms with van der Waals surface area (Å²) in [4.78, 5) is 22.4. The Morgan fingerprint density at radius 2 is 1.70 bits per heavy atom. The fraction of sp³-hybridized carbons (Fsp3) is 0.125. The highest BCUT2D eigenvalue weighted by Gasteiger charge is 2.17. The normalized spacial score (nSPS) is 11.2. The molecule has 1 amide bonds. The number of rotatable bonds is 6. The zero-order valence-electron chi connectivity index (χ0n) is 18.3. The Labute approximate surface area is 196 Å². The fourth-order valence-electron chi connectivity index (χ4n) is 3.16. The van der Waals surface area contributed by atoms with Crippen LogP contribution in [0.4, 0.5) is 10.8 Å². The number of carbonyl (C=O) groups is 1. The highest BCUT2D eigenvalue weighted by atomic mass is 32.2. The Morgan fingerprint density at radius 1 is 0.939 bits per heavy atom. The number of thiazole rings is 1. The number of hydrogen-bond acceptors (Lipinski definition) is 6. The standard InChI is InChI=1S/C24H22N4O3S2/c1-15-7-10-19(14-16(15)2)28-33(30,31)20-11-8-18(9-12-20)23(29)27-24-26-17(3)22(32-24)21-6-4-5-13-25-21/h4-14,28H,1-3H3,(H,26,27,29). The van der Waals surface area contributed by atoms with E-state index in [1.165, 1.54) is 35.6 Å². The second kappa shape index (κ2) is 9.13. The third kappa shape index (κ3) is 5.10. The molecule has 2 aromatic carbocycles. The number of hydrogen-bond donors (Lipinski definition) is 2. The smallest absolute Gasteiger partial charge is 0.261 e. The molecule has 0 aliphatic heterocycles. The molecule has 168 valence electrons. The summed E-state index contributed by atoms with van der Waals surface area (Å²) in [5.74, 6) is -0.373. The second-order valence-corrected chi connectivity index (χ2v) is 10.2. The Kier molecular flexibility index (Phi) is 6.26. The lowest BCUT2D eigenvalue weighted by Gasteiger charge is -2.10.